The number of carbonyl (C=O) groups is 2. The van der Waals surface area contributed by atoms with Gasteiger partial charge in [0.2, 0.25) is 5.95 Å². The molecule has 0 spiro atoms. The maximum atomic E-state index is 12.6. The zero-order valence-electron chi connectivity index (χ0n) is 23.3. The van der Waals surface area contributed by atoms with E-state index in [1.54, 1.807) is 19.2 Å². The summed E-state index contributed by atoms with van der Waals surface area (Å²) in [6.45, 7) is 2.59. The molecule has 18 heteroatoms. The van der Waals surface area contributed by atoms with E-state index < -0.39 is 44.9 Å². The molecule has 0 radical (unpaired) electrons. The van der Waals surface area contributed by atoms with E-state index in [-0.39, 0.29) is 25.3 Å². The van der Waals surface area contributed by atoms with Crippen LogP contribution in [0.1, 0.15) is 33.6 Å². The second kappa shape index (κ2) is 14.7. The van der Waals surface area contributed by atoms with E-state index in [0.717, 1.165) is 4.90 Å². The Morgan fingerprint density at radius 3 is 2.19 bits per heavy atom. The summed E-state index contributed by atoms with van der Waals surface area (Å²) in [4.78, 5) is 57.2. The highest BCUT2D eigenvalue weighted by molar-refractivity contribution is 7.99. The van der Waals surface area contributed by atoms with Crippen molar-refractivity contribution in [2.45, 2.75) is 61.9 Å². The number of rotatable bonds is 16. The first-order valence-electron chi connectivity index (χ1n) is 12.5. The van der Waals surface area contributed by atoms with Crippen LogP contribution in [-0.2, 0) is 44.4 Å². The summed E-state index contributed by atoms with van der Waals surface area (Å²) in [6, 6.07) is 7.28. The largest absolute Gasteiger partial charge is 0.497 e. The van der Waals surface area contributed by atoms with E-state index in [1.807, 2.05) is 12.1 Å². The van der Waals surface area contributed by atoms with Crippen molar-refractivity contribution in [3.8, 4) is 5.75 Å². The van der Waals surface area contributed by atoms with Crippen LogP contribution in [0.25, 0.3) is 11.2 Å². The van der Waals surface area contributed by atoms with Gasteiger partial charge in [0.15, 0.2) is 19.2 Å². The molecule has 0 saturated carbocycles. The molecule has 0 amide bonds. The third-order valence-corrected chi connectivity index (χ3v) is 7.45. The standard InChI is InChI=1S/C24H32N5O11PS/c1-5-18(30)36-13-38-24(41(32,33)34,39-14-37-19(31)6-2)40-15(3)11-29-12-26-20-21(29)27-23(25)28-22(20)42-17-9-7-16(35-4)8-10-17/h7-10,12,15H,5-6,11,13-14H2,1-4H3,(H2,25,27,28)(H2,32,33,34). The van der Waals surface area contributed by atoms with Crippen LogP contribution in [0, 0.1) is 0 Å². The van der Waals surface area contributed by atoms with Crippen LogP contribution >= 0.6 is 19.4 Å². The Hall–Kier alpha value is -3.31. The topological polar surface area (TPSA) is 217 Å². The van der Waals surface area contributed by atoms with Gasteiger partial charge in [-0.1, -0.05) is 25.6 Å². The minimum Gasteiger partial charge on any atom is -0.497 e. The maximum absolute atomic E-state index is 12.6. The third kappa shape index (κ3) is 8.61. The van der Waals surface area contributed by atoms with Crippen molar-refractivity contribution in [1.29, 1.82) is 0 Å². The number of nitrogens with zero attached hydrogens (tertiary/aromatic N) is 4. The van der Waals surface area contributed by atoms with Crippen molar-refractivity contribution in [3.63, 3.8) is 0 Å². The lowest BCUT2D eigenvalue weighted by atomic mass is 10.3. The van der Waals surface area contributed by atoms with Crippen molar-refractivity contribution in [3.05, 3.63) is 30.6 Å². The Kier molecular flexibility index (Phi) is 11.6. The SMILES string of the molecule is CCC(=O)OCOC(OCOC(=O)CC)(OC(C)Cn1cnc2c(Sc3ccc(OC)cc3)nc(N)nc21)P(=O)(O)O. The lowest BCUT2D eigenvalue weighted by molar-refractivity contribution is -0.376. The summed E-state index contributed by atoms with van der Waals surface area (Å²) < 4.78 is 44.8. The van der Waals surface area contributed by atoms with Gasteiger partial charge in [-0.3, -0.25) is 23.6 Å². The number of carbonyl (C=O) groups excluding carboxylic acids is 2. The highest BCUT2D eigenvalue weighted by Crippen LogP contribution is 2.53. The van der Waals surface area contributed by atoms with Gasteiger partial charge in [0.25, 0.3) is 0 Å². The normalized spacial score (nSPS) is 12.7. The molecule has 0 fully saturated rings. The fraction of sp³-hybridized carbons (Fsp3) is 0.458. The molecule has 230 valence electrons. The molecule has 3 rings (SSSR count). The Morgan fingerprint density at radius 1 is 1.07 bits per heavy atom. The molecule has 0 bridgehead atoms. The molecule has 42 heavy (non-hydrogen) atoms. The average Bonchev–Trinajstić information content (AvgIpc) is 3.34. The number of anilines is 1. The van der Waals surface area contributed by atoms with Crippen LogP contribution in [0.3, 0.4) is 0 Å². The van der Waals surface area contributed by atoms with Gasteiger partial charge < -0.3 is 39.0 Å². The van der Waals surface area contributed by atoms with Gasteiger partial charge in [-0.05, 0) is 31.2 Å². The molecule has 1 unspecified atom stereocenters. The number of hydrogen-bond acceptors (Lipinski definition) is 14. The quantitative estimate of drug-likeness (QED) is 0.0898. The van der Waals surface area contributed by atoms with E-state index in [2.05, 4.69) is 15.0 Å². The first kappa shape index (κ1) is 33.2. The molecule has 0 aliphatic rings. The smallest absolute Gasteiger partial charge is 0.415 e. The Morgan fingerprint density at radius 2 is 1.67 bits per heavy atom. The summed E-state index contributed by atoms with van der Waals surface area (Å²) in [5, 5.41) is 0.474. The van der Waals surface area contributed by atoms with Crippen LogP contribution in [-0.4, -0.2) is 73.8 Å². The molecule has 2 heterocycles. The van der Waals surface area contributed by atoms with Crippen molar-refractivity contribution < 1.29 is 52.4 Å². The van der Waals surface area contributed by atoms with Gasteiger partial charge in [-0.15, -0.1) is 0 Å². The molecule has 1 aromatic carbocycles. The molecule has 0 aliphatic heterocycles. The second-order valence-electron chi connectivity index (χ2n) is 8.49. The Labute approximate surface area is 245 Å². The van der Waals surface area contributed by atoms with Gasteiger partial charge in [0, 0.05) is 17.7 Å². The maximum Gasteiger partial charge on any atom is 0.415 e. The Balaban J connectivity index is 1.85. The van der Waals surface area contributed by atoms with Crippen LogP contribution in [0.15, 0.2) is 40.5 Å². The van der Waals surface area contributed by atoms with Crippen molar-refractivity contribution >= 4 is 48.4 Å². The monoisotopic (exact) mass is 629 g/mol. The number of benzene rings is 1. The minimum atomic E-state index is -5.43. The predicted molar refractivity (Wildman–Crippen MR) is 147 cm³/mol. The third-order valence-electron chi connectivity index (χ3n) is 5.38. The van der Waals surface area contributed by atoms with Gasteiger partial charge in [0.05, 0.1) is 26.1 Å². The van der Waals surface area contributed by atoms with Gasteiger partial charge in [-0.25, -0.2) is 9.97 Å². The van der Waals surface area contributed by atoms with E-state index in [1.165, 1.54) is 43.4 Å². The first-order chi connectivity index (χ1) is 19.9. The van der Waals surface area contributed by atoms with Crippen molar-refractivity contribution in [1.82, 2.24) is 19.5 Å². The number of nitrogen functional groups attached to an aromatic ring is 1. The van der Waals surface area contributed by atoms with Crippen LogP contribution in [0.2, 0.25) is 0 Å². The van der Waals surface area contributed by atoms with Gasteiger partial charge in [0.1, 0.15) is 16.3 Å². The molecule has 0 saturated heterocycles. The lowest BCUT2D eigenvalue weighted by Gasteiger charge is -2.34. The molecule has 0 aliphatic carbocycles. The number of imidazole rings is 1. The first-order valence-corrected chi connectivity index (χ1v) is 15.0. The molecule has 3 aromatic rings. The summed E-state index contributed by atoms with van der Waals surface area (Å²) in [5.74, 6) is -0.743. The van der Waals surface area contributed by atoms with E-state index >= 15 is 0 Å². The number of esters is 2. The van der Waals surface area contributed by atoms with E-state index in [9.17, 15) is 23.9 Å². The number of methoxy groups -OCH3 is 1. The molecule has 4 N–H and O–H groups in total. The molecular formula is C24H32N5O11PS. The molecule has 2 aromatic heterocycles. The minimum absolute atomic E-state index is 0.0179. The highest BCUT2D eigenvalue weighted by Gasteiger charge is 2.54. The fourth-order valence-corrected chi connectivity index (χ4v) is 4.99. The highest BCUT2D eigenvalue weighted by atomic mass is 32.2. The Bertz CT molecular complexity index is 1390. The molecular weight excluding hydrogens is 597 g/mol. The molecule has 16 nitrogen and oxygen atoms in total. The van der Waals surface area contributed by atoms with Gasteiger partial charge in [-0.2, -0.15) is 4.98 Å². The molecule has 1 atom stereocenters. The fourth-order valence-electron chi connectivity index (χ4n) is 3.35. The second-order valence-corrected chi connectivity index (χ2v) is 11.2. The summed E-state index contributed by atoms with van der Waals surface area (Å²) >= 11 is 1.30. The zero-order chi connectivity index (χ0) is 30.9. The van der Waals surface area contributed by atoms with Crippen LogP contribution < -0.4 is 10.5 Å². The van der Waals surface area contributed by atoms with Crippen LogP contribution in [0.5, 0.6) is 5.75 Å². The van der Waals surface area contributed by atoms with Crippen molar-refractivity contribution in [2.24, 2.45) is 0 Å². The van der Waals surface area contributed by atoms with Crippen molar-refractivity contribution in [2.75, 3.05) is 26.4 Å². The summed E-state index contributed by atoms with van der Waals surface area (Å²) in [7, 11) is -3.86. The number of fused-ring (bicyclic) bond motifs is 1. The number of hydrogen-bond donors (Lipinski definition) is 3. The number of nitrogens with two attached hydrogens (primary N) is 1. The summed E-state index contributed by atoms with van der Waals surface area (Å²) in [5.41, 5.74) is 3.63. The predicted octanol–water partition coefficient (Wildman–Crippen LogP) is 2.62. The van der Waals surface area contributed by atoms with E-state index in [0.29, 0.717) is 21.9 Å². The van der Waals surface area contributed by atoms with E-state index in [4.69, 9.17) is 34.2 Å². The van der Waals surface area contributed by atoms with Crippen LogP contribution in [0.4, 0.5) is 5.95 Å². The zero-order valence-corrected chi connectivity index (χ0v) is 25.0. The number of ether oxygens (including phenoxy) is 6. The lowest BCUT2D eigenvalue weighted by Crippen LogP contribution is -2.44. The van der Waals surface area contributed by atoms with Gasteiger partial charge >= 0.3 is 25.2 Å². The average molecular weight is 630 g/mol. The summed E-state index contributed by atoms with van der Waals surface area (Å²) in [6.07, 6.45) is 0.350. The number of aromatic nitrogens is 4.